The number of nitrogens with one attached hydrogen (secondary N) is 1. The van der Waals surface area contributed by atoms with Crippen LogP contribution in [-0.2, 0) is 11.3 Å². The first-order valence-corrected chi connectivity index (χ1v) is 7.09. The topological polar surface area (TPSA) is 67.5 Å². The van der Waals surface area contributed by atoms with Crippen LogP contribution in [0.4, 0.5) is 0 Å². The number of aryl methyl sites for hydroxylation is 2. The van der Waals surface area contributed by atoms with Crippen molar-refractivity contribution < 1.29 is 14.4 Å². The molecule has 1 aliphatic carbocycles. The van der Waals surface area contributed by atoms with E-state index in [9.17, 15) is 5.11 Å². The second-order valence-corrected chi connectivity index (χ2v) is 5.33. The Hall–Kier alpha value is -0.910. The molecule has 1 atom stereocenters. The highest BCUT2D eigenvalue weighted by atomic mass is 16.5. The van der Waals surface area contributed by atoms with Gasteiger partial charge in [-0.05, 0) is 26.7 Å². The van der Waals surface area contributed by atoms with Crippen LogP contribution < -0.4 is 5.32 Å². The van der Waals surface area contributed by atoms with Crippen molar-refractivity contribution in [2.75, 3.05) is 13.2 Å². The first-order valence-electron chi connectivity index (χ1n) is 7.09. The van der Waals surface area contributed by atoms with Crippen LogP contribution in [0.1, 0.15) is 42.7 Å². The van der Waals surface area contributed by atoms with Crippen molar-refractivity contribution in [2.45, 2.75) is 58.3 Å². The van der Waals surface area contributed by atoms with Crippen LogP contribution in [0.2, 0.25) is 0 Å². The standard InChI is InChI=1S/C14H24N2O3/c1-10-14(11(2)19-16-10)8-15-7-12(17)9-18-13-5-3-4-6-13/h12-13,15,17H,3-9H2,1-2H3. The number of hydrogen-bond donors (Lipinski definition) is 2. The van der Waals surface area contributed by atoms with Crippen LogP contribution in [0.3, 0.4) is 0 Å². The number of aromatic nitrogens is 1. The van der Waals surface area contributed by atoms with E-state index in [0.29, 0.717) is 25.8 Å². The van der Waals surface area contributed by atoms with Crippen LogP contribution >= 0.6 is 0 Å². The lowest BCUT2D eigenvalue weighted by molar-refractivity contribution is -0.00550. The molecule has 1 fully saturated rings. The molecule has 0 spiro atoms. The Labute approximate surface area is 114 Å². The Morgan fingerprint density at radius 2 is 2.16 bits per heavy atom. The van der Waals surface area contributed by atoms with Crippen LogP contribution in [0, 0.1) is 13.8 Å². The Bertz CT molecular complexity index is 367. The molecule has 2 rings (SSSR count). The van der Waals surface area contributed by atoms with Gasteiger partial charge < -0.3 is 19.7 Å². The molecule has 0 radical (unpaired) electrons. The summed E-state index contributed by atoms with van der Waals surface area (Å²) in [7, 11) is 0. The number of ether oxygens (including phenoxy) is 1. The van der Waals surface area contributed by atoms with Gasteiger partial charge >= 0.3 is 0 Å². The molecule has 19 heavy (non-hydrogen) atoms. The lowest BCUT2D eigenvalue weighted by atomic mass is 10.2. The molecule has 0 amide bonds. The number of aliphatic hydroxyl groups is 1. The summed E-state index contributed by atoms with van der Waals surface area (Å²) in [4.78, 5) is 0. The minimum absolute atomic E-state index is 0.359. The summed E-state index contributed by atoms with van der Waals surface area (Å²) < 4.78 is 10.8. The molecule has 5 nitrogen and oxygen atoms in total. The van der Waals surface area contributed by atoms with E-state index in [4.69, 9.17) is 9.26 Å². The lowest BCUT2D eigenvalue weighted by Crippen LogP contribution is -2.31. The second-order valence-electron chi connectivity index (χ2n) is 5.33. The van der Waals surface area contributed by atoms with E-state index >= 15 is 0 Å². The summed E-state index contributed by atoms with van der Waals surface area (Å²) in [5, 5.41) is 17.0. The Kier molecular flexibility index (Phi) is 5.36. The van der Waals surface area contributed by atoms with Crippen LogP contribution in [0.5, 0.6) is 0 Å². The zero-order chi connectivity index (χ0) is 13.7. The van der Waals surface area contributed by atoms with E-state index in [2.05, 4.69) is 10.5 Å². The maximum atomic E-state index is 9.85. The normalized spacial score (nSPS) is 18.1. The predicted molar refractivity (Wildman–Crippen MR) is 71.9 cm³/mol. The quantitative estimate of drug-likeness (QED) is 0.788. The van der Waals surface area contributed by atoms with E-state index in [1.54, 1.807) is 0 Å². The maximum absolute atomic E-state index is 9.85. The molecular formula is C14H24N2O3. The fourth-order valence-corrected chi connectivity index (χ4v) is 2.48. The predicted octanol–water partition coefficient (Wildman–Crippen LogP) is 1.70. The average Bonchev–Trinajstić information content (AvgIpc) is 3.00. The first-order chi connectivity index (χ1) is 9.16. The molecule has 2 N–H and O–H groups in total. The Morgan fingerprint density at radius 1 is 1.42 bits per heavy atom. The van der Waals surface area contributed by atoms with Gasteiger partial charge in [0.1, 0.15) is 5.76 Å². The van der Waals surface area contributed by atoms with E-state index in [0.717, 1.165) is 29.9 Å². The second kappa shape index (κ2) is 7.03. The minimum Gasteiger partial charge on any atom is -0.389 e. The molecule has 1 unspecified atom stereocenters. The van der Waals surface area contributed by atoms with Crippen molar-refractivity contribution in [3.05, 3.63) is 17.0 Å². The van der Waals surface area contributed by atoms with E-state index in [-0.39, 0.29) is 0 Å². The monoisotopic (exact) mass is 268 g/mol. The number of hydrogen-bond acceptors (Lipinski definition) is 5. The molecule has 0 aromatic carbocycles. The summed E-state index contributed by atoms with van der Waals surface area (Å²) >= 11 is 0. The number of rotatable bonds is 7. The summed E-state index contributed by atoms with van der Waals surface area (Å²) in [6, 6.07) is 0. The molecule has 0 bridgehead atoms. The van der Waals surface area contributed by atoms with Crippen LogP contribution in [-0.4, -0.2) is 35.6 Å². The number of aliphatic hydroxyl groups excluding tert-OH is 1. The van der Waals surface area contributed by atoms with Gasteiger partial charge in [-0.15, -0.1) is 0 Å². The highest BCUT2D eigenvalue weighted by molar-refractivity contribution is 5.20. The Morgan fingerprint density at radius 3 is 2.79 bits per heavy atom. The van der Waals surface area contributed by atoms with Gasteiger partial charge in [0.2, 0.25) is 0 Å². The van der Waals surface area contributed by atoms with Crippen molar-refractivity contribution >= 4 is 0 Å². The summed E-state index contributed by atoms with van der Waals surface area (Å²) in [5.41, 5.74) is 1.98. The van der Waals surface area contributed by atoms with Crippen molar-refractivity contribution in [1.82, 2.24) is 10.5 Å². The van der Waals surface area contributed by atoms with Gasteiger partial charge in [-0.2, -0.15) is 0 Å². The SMILES string of the molecule is Cc1noc(C)c1CNCC(O)COC1CCCC1. The minimum atomic E-state index is -0.457. The smallest absolute Gasteiger partial charge is 0.138 e. The van der Waals surface area contributed by atoms with Crippen molar-refractivity contribution in [3.63, 3.8) is 0 Å². The molecule has 1 saturated carbocycles. The molecule has 1 aromatic heterocycles. The third-order valence-electron chi connectivity index (χ3n) is 3.69. The van der Waals surface area contributed by atoms with E-state index in [1.807, 2.05) is 13.8 Å². The average molecular weight is 268 g/mol. The molecule has 0 aliphatic heterocycles. The van der Waals surface area contributed by atoms with E-state index < -0.39 is 6.10 Å². The van der Waals surface area contributed by atoms with Gasteiger partial charge in [-0.3, -0.25) is 0 Å². The molecular weight excluding hydrogens is 244 g/mol. The van der Waals surface area contributed by atoms with Gasteiger partial charge in [0.15, 0.2) is 0 Å². The molecule has 108 valence electrons. The van der Waals surface area contributed by atoms with Crippen molar-refractivity contribution in [1.29, 1.82) is 0 Å². The third kappa shape index (κ3) is 4.30. The van der Waals surface area contributed by atoms with E-state index in [1.165, 1.54) is 12.8 Å². The molecule has 1 aromatic rings. The van der Waals surface area contributed by atoms with Gasteiger partial charge in [0.05, 0.1) is 24.5 Å². The maximum Gasteiger partial charge on any atom is 0.138 e. The molecule has 1 aliphatic rings. The fourth-order valence-electron chi connectivity index (χ4n) is 2.48. The summed E-state index contributed by atoms with van der Waals surface area (Å²) in [6.07, 6.45) is 4.69. The van der Waals surface area contributed by atoms with Crippen LogP contribution in [0.15, 0.2) is 4.52 Å². The van der Waals surface area contributed by atoms with Gasteiger partial charge in [0, 0.05) is 18.7 Å². The zero-order valence-electron chi connectivity index (χ0n) is 11.8. The van der Waals surface area contributed by atoms with Crippen molar-refractivity contribution in [3.8, 4) is 0 Å². The molecule has 0 saturated heterocycles. The summed E-state index contributed by atoms with van der Waals surface area (Å²) in [5.74, 6) is 0.835. The van der Waals surface area contributed by atoms with Crippen molar-refractivity contribution in [2.24, 2.45) is 0 Å². The Balaban J connectivity index is 1.62. The highest BCUT2D eigenvalue weighted by Crippen LogP contribution is 2.20. The third-order valence-corrected chi connectivity index (χ3v) is 3.69. The highest BCUT2D eigenvalue weighted by Gasteiger charge is 2.17. The largest absolute Gasteiger partial charge is 0.389 e. The number of nitrogens with zero attached hydrogens (tertiary/aromatic N) is 1. The summed E-state index contributed by atoms with van der Waals surface area (Å²) in [6.45, 7) is 5.43. The van der Waals surface area contributed by atoms with Gasteiger partial charge in [-0.25, -0.2) is 0 Å². The van der Waals surface area contributed by atoms with Crippen LogP contribution in [0.25, 0.3) is 0 Å². The lowest BCUT2D eigenvalue weighted by Gasteiger charge is -2.16. The van der Waals surface area contributed by atoms with Gasteiger partial charge in [-0.1, -0.05) is 18.0 Å². The first kappa shape index (κ1) is 14.5. The fraction of sp³-hybridized carbons (Fsp3) is 0.786. The molecule has 5 heteroatoms. The molecule has 1 heterocycles. The van der Waals surface area contributed by atoms with Gasteiger partial charge in [0.25, 0.3) is 0 Å². The zero-order valence-corrected chi connectivity index (χ0v) is 11.8.